The fourth-order valence-corrected chi connectivity index (χ4v) is 3.25. The van der Waals surface area contributed by atoms with Gasteiger partial charge in [-0.1, -0.05) is 31.2 Å². The maximum atomic E-state index is 12.6. The van der Waals surface area contributed by atoms with Gasteiger partial charge in [-0.25, -0.2) is 0 Å². The third-order valence-corrected chi connectivity index (χ3v) is 4.93. The Labute approximate surface area is 148 Å². The summed E-state index contributed by atoms with van der Waals surface area (Å²) in [6, 6.07) is 13.8. The van der Waals surface area contributed by atoms with Gasteiger partial charge in [0.05, 0.1) is 5.92 Å². The molecule has 2 aromatic rings. The molecule has 1 atom stereocenters. The average molecular weight is 336 g/mol. The molecule has 130 valence electrons. The molecule has 0 saturated carbocycles. The maximum absolute atomic E-state index is 12.6. The minimum absolute atomic E-state index is 0.0149. The summed E-state index contributed by atoms with van der Waals surface area (Å²) in [5.74, 6) is -0.395. The van der Waals surface area contributed by atoms with Crippen LogP contribution in [0, 0.1) is 19.8 Å². The van der Waals surface area contributed by atoms with E-state index < -0.39 is 0 Å². The number of nitrogens with one attached hydrogen (secondary N) is 1. The zero-order chi connectivity index (χ0) is 18.0. The number of rotatable bonds is 4. The van der Waals surface area contributed by atoms with Crippen LogP contribution >= 0.6 is 0 Å². The SMILES string of the molecule is CCc1ccccc1N1C[C@@H](C(=O)Nc2ccc(C)c(C)c2)CC1=O. The van der Waals surface area contributed by atoms with E-state index in [4.69, 9.17) is 0 Å². The third-order valence-electron chi connectivity index (χ3n) is 4.93. The number of benzene rings is 2. The minimum atomic E-state index is -0.320. The lowest BCUT2D eigenvalue weighted by Gasteiger charge is -2.20. The number of hydrogen-bond donors (Lipinski definition) is 1. The van der Waals surface area contributed by atoms with E-state index in [1.807, 2.05) is 56.3 Å². The Kier molecular flexibility index (Phi) is 4.88. The molecule has 0 bridgehead atoms. The van der Waals surface area contributed by atoms with Crippen molar-refractivity contribution in [3.8, 4) is 0 Å². The molecule has 1 aliphatic heterocycles. The number of para-hydroxylation sites is 1. The highest BCUT2D eigenvalue weighted by Gasteiger charge is 2.35. The summed E-state index contributed by atoms with van der Waals surface area (Å²) in [6.45, 7) is 6.57. The molecule has 1 heterocycles. The maximum Gasteiger partial charge on any atom is 0.229 e. The van der Waals surface area contributed by atoms with Gasteiger partial charge in [0.1, 0.15) is 0 Å². The van der Waals surface area contributed by atoms with Crippen molar-refractivity contribution in [1.29, 1.82) is 0 Å². The van der Waals surface area contributed by atoms with Crippen LogP contribution in [-0.2, 0) is 16.0 Å². The van der Waals surface area contributed by atoms with Gasteiger partial charge in [-0.05, 0) is 55.2 Å². The van der Waals surface area contributed by atoms with Crippen molar-refractivity contribution in [2.75, 3.05) is 16.8 Å². The van der Waals surface area contributed by atoms with Crippen molar-refractivity contribution in [2.45, 2.75) is 33.6 Å². The molecule has 1 fully saturated rings. The molecular formula is C21H24N2O2. The van der Waals surface area contributed by atoms with Gasteiger partial charge in [0, 0.05) is 24.3 Å². The molecule has 1 aliphatic rings. The monoisotopic (exact) mass is 336 g/mol. The lowest BCUT2D eigenvalue weighted by atomic mass is 10.1. The minimum Gasteiger partial charge on any atom is -0.326 e. The van der Waals surface area contributed by atoms with Crippen molar-refractivity contribution in [2.24, 2.45) is 5.92 Å². The summed E-state index contributed by atoms with van der Waals surface area (Å²) in [5.41, 5.74) is 5.17. The Balaban J connectivity index is 1.73. The Morgan fingerprint density at radius 3 is 2.64 bits per heavy atom. The standard InChI is InChI=1S/C21H24N2O2/c1-4-16-7-5-6-8-19(16)23-13-17(12-20(23)24)21(25)22-18-10-9-14(2)15(3)11-18/h5-11,17H,4,12-13H2,1-3H3,(H,22,25)/t17-/m0/s1. The topological polar surface area (TPSA) is 49.4 Å². The molecule has 0 unspecified atom stereocenters. The number of nitrogens with zero attached hydrogens (tertiary/aromatic N) is 1. The molecule has 25 heavy (non-hydrogen) atoms. The Morgan fingerprint density at radius 1 is 1.16 bits per heavy atom. The molecule has 4 heteroatoms. The van der Waals surface area contributed by atoms with E-state index in [2.05, 4.69) is 12.2 Å². The first-order valence-electron chi connectivity index (χ1n) is 8.76. The molecule has 4 nitrogen and oxygen atoms in total. The molecule has 1 saturated heterocycles. The predicted octanol–water partition coefficient (Wildman–Crippen LogP) is 3.86. The van der Waals surface area contributed by atoms with Crippen LogP contribution in [0.3, 0.4) is 0 Å². The molecule has 1 N–H and O–H groups in total. The van der Waals surface area contributed by atoms with E-state index in [-0.39, 0.29) is 24.2 Å². The quantitative estimate of drug-likeness (QED) is 0.922. The van der Waals surface area contributed by atoms with E-state index in [1.54, 1.807) is 4.90 Å². The van der Waals surface area contributed by atoms with E-state index in [1.165, 1.54) is 5.56 Å². The smallest absolute Gasteiger partial charge is 0.229 e. The summed E-state index contributed by atoms with van der Waals surface area (Å²) in [7, 11) is 0. The van der Waals surface area contributed by atoms with Crippen LogP contribution in [0.2, 0.25) is 0 Å². The van der Waals surface area contributed by atoms with Crippen LogP contribution in [0.25, 0.3) is 0 Å². The van der Waals surface area contributed by atoms with Crippen molar-refractivity contribution >= 4 is 23.2 Å². The molecule has 0 aliphatic carbocycles. The number of carbonyl (C=O) groups is 2. The summed E-state index contributed by atoms with van der Waals surface area (Å²) in [6.07, 6.45) is 1.12. The second kappa shape index (κ2) is 7.09. The zero-order valence-corrected chi connectivity index (χ0v) is 15.0. The Hall–Kier alpha value is -2.62. The van der Waals surface area contributed by atoms with E-state index in [0.29, 0.717) is 6.54 Å². The Bertz CT molecular complexity index is 813. The largest absolute Gasteiger partial charge is 0.326 e. The van der Waals surface area contributed by atoms with Gasteiger partial charge in [0.15, 0.2) is 0 Å². The molecule has 2 amide bonds. The normalized spacial score (nSPS) is 17.0. The first-order chi connectivity index (χ1) is 12.0. The second-order valence-corrected chi connectivity index (χ2v) is 6.68. The van der Waals surface area contributed by atoms with Crippen molar-refractivity contribution in [3.63, 3.8) is 0 Å². The van der Waals surface area contributed by atoms with Gasteiger partial charge in [-0.3, -0.25) is 9.59 Å². The number of aryl methyl sites for hydroxylation is 3. The lowest BCUT2D eigenvalue weighted by Crippen LogP contribution is -2.28. The van der Waals surface area contributed by atoms with Crippen LogP contribution in [0.15, 0.2) is 42.5 Å². The van der Waals surface area contributed by atoms with Gasteiger partial charge < -0.3 is 10.2 Å². The number of anilines is 2. The van der Waals surface area contributed by atoms with Gasteiger partial charge in [-0.15, -0.1) is 0 Å². The highest BCUT2D eigenvalue weighted by Crippen LogP contribution is 2.29. The van der Waals surface area contributed by atoms with Crippen LogP contribution in [0.4, 0.5) is 11.4 Å². The van der Waals surface area contributed by atoms with Gasteiger partial charge in [-0.2, -0.15) is 0 Å². The average Bonchev–Trinajstić information content (AvgIpc) is 3.00. The van der Waals surface area contributed by atoms with Crippen LogP contribution in [-0.4, -0.2) is 18.4 Å². The van der Waals surface area contributed by atoms with Crippen molar-refractivity contribution < 1.29 is 9.59 Å². The summed E-state index contributed by atoms with van der Waals surface area (Å²) in [4.78, 5) is 26.8. The van der Waals surface area contributed by atoms with E-state index >= 15 is 0 Å². The molecule has 2 aromatic carbocycles. The van der Waals surface area contributed by atoms with E-state index in [0.717, 1.165) is 28.9 Å². The number of carbonyl (C=O) groups excluding carboxylic acids is 2. The number of hydrogen-bond acceptors (Lipinski definition) is 2. The lowest BCUT2D eigenvalue weighted by molar-refractivity contribution is -0.122. The summed E-state index contributed by atoms with van der Waals surface area (Å²) in [5, 5.41) is 2.96. The first-order valence-corrected chi connectivity index (χ1v) is 8.76. The zero-order valence-electron chi connectivity index (χ0n) is 15.0. The van der Waals surface area contributed by atoms with Crippen LogP contribution in [0.5, 0.6) is 0 Å². The highest BCUT2D eigenvalue weighted by molar-refractivity contribution is 6.03. The van der Waals surface area contributed by atoms with Gasteiger partial charge in [0.25, 0.3) is 0 Å². The van der Waals surface area contributed by atoms with Crippen molar-refractivity contribution in [1.82, 2.24) is 0 Å². The Morgan fingerprint density at radius 2 is 1.92 bits per heavy atom. The fourth-order valence-electron chi connectivity index (χ4n) is 3.25. The van der Waals surface area contributed by atoms with Gasteiger partial charge >= 0.3 is 0 Å². The summed E-state index contributed by atoms with van der Waals surface area (Å²) < 4.78 is 0. The van der Waals surface area contributed by atoms with Gasteiger partial charge in [0.2, 0.25) is 11.8 Å². The fraction of sp³-hybridized carbons (Fsp3) is 0.333. The number of amides is 2. The molecular weight excluding hydrogens is 312 g/mol. The molecule has 3 rings (SSSR count). The molecule has 0 radical (unpaired) electrons. The first kappa shape index (κ1) is 17.2. The second-order valence-electron chi connectivity index (χ2n) is 6.68. The summed E-state index contributed by atoms with van der Waals surface area (Å²) >= 11 is 0. The highest BCUT2D eigenvalue weighted by atomic mass is 16.2. The molecule has 0 aromatic heterocycles. The molecule has 0 spiro atoms. The van der Waals surface area contributed by atoms with Crippen LogP contribution < -0.4 is 10.2 Å². The van der Waals surface area contributed by atoms with Crippen molar-refractivity contribution in [3.05, 3.63) is 59.2 Å². The van der Waals surface area contributed by atoms with E-state index in [9.17, 15) is 9.59 Å². The third kappa shape index (κ3) is 3.58. The van der Waals surface area contributed by atoms with Crippen LogP contribution in [0.1, 0.15) is 30.0 Å². The predicted molar refractivity (Wildman–Crippen MR) is 101 cm³/mol.